The fraction of sp³-hybridized carbons (Fsp3) is 0.300. The lowest BCUT2D eigenvalue weighted by Crippen LogP contribution is -2.41. The smallest absolute Gasteiger partial charge is 0.416 e. The van der Waals surface area contributed by atoms with Gasteiger partial charge in [0.15, 0.2) is 0 Å². The number of methoxy groups -OCH3 is 1. The number of urea groups is 1. The molecule has 0 aliphatic carbocycles. The molecular weight excluding hydrogens is 451 g/mol. The van der Waals surface area contributed by atoms with Gasteiger partial charge in [0.25, 0.3) is 0 Å². The number of ether oxygens (including phenoxy) is 1. The Bertz CT molecular complexity index is 1100. The van der Waals surface area contributed by atoms with Crippen LogP contribution in [0.5, 0.6) is 0 Å². The summed E-state index contributed by atoms with van der Waals surface area (Å²) in [6.07, 6.45) is -3.66. The Kier molecular flexibility index (Phi) is 6.74. The summed E-state index contributed by atoms with van der Waals surface area (Å²) in [6, 6.07) is 7.66. The molecule has 2 amide bonds. The van der Waals surface area contributed by atoms with Crippen molar-refractivity contribution in [2.75, 3.05) is 24.3 Å². The molecule has 1 saturated heterocycles. The molecule has 2 aromatic carbocycles. The Labute approximate surface area is 182 Å². The highest BCUT2D eigenvalue weighted by Gasteiger charge is 2.40. The second-order valence-corrected chi connectivity index (χ2v) is 8.87. The van der Waals surface area contributed by atoms with Crippen molar-refractivity contribution in [1.82, 2.24) is 4.31 Å². The number of sulfonamides is 1. The van der Waals surface area contributed by atoms with Gasteiger partial charge < -0.3 is 15.4 Å². The summed E-state index contributed by atoms with van der Waals surface area (Å²) in [5, 5.41) is 4.71. The molecule has 32 heavy (non-hydrogen) atoms. The van der Waals surface area contributed by atoms with E-state index in [1.54, 1.807) is 0 Å². The van der Waals surface area contributed by atoms with Crippen LogP contribution >= 0.6 is 0 Å². The van der Waals surface area contributed by atoms with Crippen LogP contribution in [0.3, 0.4) is 0 Å². The van der Waals surface area contributed by atoms with Gasteiger partial charge in [0, 0.05) is 17.9 Å². The van der Waals surface area contributed by atoms with E-state index >= 15 is 0 Å². The Morgan fingerprint density at radius 1 is 1.06 bits per heavy atom. The quantitative estimate of drug-likeness (QED) is 0.648. The fourth-order valence-corrected chi connectivity index (χ4v) is 4.96. The number of carbonyl (C=O) groups is 2. The minimum Gasteiger partial charge on any atom is -0.468 e. The number of benzene rings is 2. The monoisotopic (exact) mass is 471 g/mol. The molecule has 8 nitrogen and oxygen atoms in total. The van der Waals surface area contributed by atoms with Crippen LogP contribution in [0.25, 0.3) is 0 Å². The first-order valence-electron chi connectivity index (χ1n) is 9.47. The highest BCUT2D eigenvalue weighted by atomic mass is 32.2. The van der Waals surface area contributed by atoms with Gasteiger partial charge in [-0.05, 0) is 55.3 Å². The second kappa shape index (κ2) is 9.17. The van der Waals surface area contributed by atoms with Gasteiger partial charge in [-0.3, -0.25) is 4.79 Å². The standard InChI is InChI=1S/C20H20F3N3O5S/c1-31-18(27)17-6-3-11-26(17)32(29,30)16-9-7-14(8-10-16)24-19(28)25-15-5-2-4-13(12-15)20(21,22)23/h2,4-5,7-10,12,17H,3,6,11H2,1H3,(H2,24,25,28)/t17-/m0/s1. The lowest BCUT2D eigenvalue weighted by atomic mass is 10.2. The van der Waals surface area contributed by atoms with Gasteiger partial charge in [0.2, 0.25) is 10.0 Å². The van der Waals surface area contributed by atoms with E-state index < -0.39 is 39.8 Å². The minimum absolute atomic E-state index is 0.0561. The molecule has 2 aromatic rings. The van der Waals surface area contributed by atoms with Crippen LogP contribution in [0.4, 0.5) is 29.3 Å². The zero-order valence-electron chi connectivity index (χ0n) is 16.8. The number of halogens is 3. The van der Waals surface area contributed by atoms with Crippen molar-refractivity contribution in [1.29, 1.82) is 0 Å². The molecule has 2 N–H and O–H groups in total. The topological polar surface area (TPSA) is 105 Å². The summed E-state index contributed by atoms with van der Waals surface area (Å²) in [5.41, 5.74) is -0.740. The molecule has 0 spiro atoms. The van der Waals surface area contributed by atoms with E-state index in [9.17, 15) is 31.2 Å². The number of esters is 1. The van der Waals surface area contributed by atoms with E-state index in [1.165, 1.54) is 37.4 Å². The lowest BCUT2D eigenvalue weighted by Gasteiger charge is -2.22. The van der Waals surface area contributed by atoms with Crippen LogP contribution in [0.2, 0.25) is 0 Å². The Morgan fingerprint density at radius 2 is 1.72 bits per heavy atom. The lowest BCUT2D eigenvalue weighted by molar-refractivity contribution is -0.144. The van der Waals surface area contributed by atoms with Crippen molar-refractivity contribution < 1.29 is 35.9 Å². The van der Waals surface area contributed by atoms with Gasteiger partial charge in [0.1, 0.15) is 6.04 Å². The average Bonchev–Trinajstić information content (AvgIpc) is 3.24. The maximum absolute atomic E-state index is 12.9. The molecule has 172 valence electrons. The van der Waals surface area contributed by atoms with Gasteiger partial charge in [-0.2, -0.15) is 17.5 Å². The molecule has 3 rings (SSSR count). The molecule has 1 fully saturated rings. The van der Waals surface area contributed by atoms with Gasteiger partial charge in [-0.25, -0.2) is 13.2 Å². The summed E-state index contributed by atoms with van der Waals surface area (Å²) < 4.78 is 69.9. The number of rotatable bonds is 5. The van der Waals surface area contributed by atoms with E-state index in [-0.39, 0.29) is 22.8 Å². The van der Waals surface area contributed by atoms with Crippen molar-refractivity contribution in [3.05, 3.63) is 54.1 Å². The normalized spacial score (nSPS) is 17.1. The van der Waals surface area contributed by atoms with Crippen LogP contribution in [0.1, 0.15) is 18.4 Å². The molecule has 0 unspecified atom stereocenters. The molecule has 1 atom stereocenters. The highest BCUT2D eigenvalue weighted by Crippen LogP contribution is 2.31. The van der Waals surface area contributed by atoms with Crippen molar-refractivity contribution in [2.45, 2.75) is 30.0 Å². The van der Waals surface area contributed by atoms with Crippen LogP contribution in [0.15, 0.2) is 53.4 Å². The first-order chi connectivity index (χ1) is 15.0. The maximum Gasteiger partial charge on any atom is 0.416 e. The zero-order valence-corrected chi connectivity index (χ0v) is 17.7. The first-order valence-corrected chi connectivity index (χ1v) is 10.9. The summed E-state index contributed by atoms with van der Waals surface area (Å²) in [5.74, 6) is -0.629. The van der Waals surface area contributed by atoms with E-state index in [0.717, 1.165) is 22.5 Å². The number of carbonyl (C=O) groups excluding carboxylic acids is 2. The number of amides is 2. The Hall–Kier alpha value is -3.12. The number of hydrogen-bond acceptors (Lipinski definition) is 5. The number of nitrogens with one attached hydrogen (secondary N) is 2. The maximum atomic E-state index is 12.9. The number of nitrogens with zero attached hydrogens (tertiary/aromatic N) is 1. The molecule has 0 saturated carbocycles. The van der Waals surface area contributed by atoms with E-state index in [4.69, 9.17) is 0 Å². The van der Waals surface area contributed by atoms with Crippen molar-refractivity contribution in [3.63, 3.8) is 0 Å². The second-order valence-electron chi connectivity index (χ2n) is 6.98. The molecule has 0 bridgehead atoms. The van der Waals surface area contributed by atoms with Crippen molar-refractivity contribution in [2.24, 2.45) is 0 Å². The van der Waals surface area contributed by atoms with Crippen LogP contribution in [-0.4, -0.2) is 44.4 Å². The predicted molar refractivity (Wildman–Crippen MR) is 109 cm³/mol. The number of hydrogen-bond donors (Lipinski definition) is 2. The summed E-state index contributed by atoms with van der Waals surface area (Å²) >= 11 is 0. The van der Waals surface area contributed by atoms with Gasteiger partial charge >= 0.3 is 18.2 Å². The minimum atomic E-state index is -4.54. The SMILES string of the molecule is COC(=O)[C@@H]1CCCN1S(=O)(=O)c1ccc(NC(=O)Nc2cccc(C(F)(F)F)c2)cc1. The van der Waals surface area contributed by atoms with Crippen LogP contribution in [-0.2, 0) is 25.7 Å². The third kappa shape index (κ3) is 5.19. The third-order valence-electron chi connectivity index (χ3n) is 4.84. The van der Waals surface area contributed by atoms with Gasteiger partial charge in [-0.1, -0.05) is 6.07 Å². The molecule has 0 radical (unpaired) electrons. The molecule has 0 aromatic heterocycles. The van der Waals surface area contributed by atoms with E-state index in [0.29, 0.717) is 12.8 Å². The summed E-state index contributed by atoms with van der Waals surface area (Å²) in [4.78, 5) is 23.9. The molecule has 1 aliphatic heterocycles. The highest BCUT2D eigenvalue weighted by molar-refractivity contribution is 7.89. The fourth-order valence-electron chi connectivity index (χ4n) is 3.31. The van der Waals surface area contributed by atoms with Crippen LogP contribution in [0, 0.1) is 0 Å². The summed E-state index contributed by atoms with van der Waals surface area (Å²) in [7, 11) is -2.77. The average molecular weight is 471 g/mol. The predicted octanol–water partition coefficient (Wildman–Crippen LogP) is 3.68. The third-order valence-corrected chi connectivity index (χ3v) is 6.77. The zero-order chi connectivity index (χ0) is 23.5. The molecule has 1 aliphatic rings. The van der Waals surface area contributed by atoms with E-state index in [2.05, 4.69) is 15.4 Å². The van der Waals surface area contributed by atoms with Crippen LogP contribution < -0.4 is 10.6 Å². The first kappa shape index (κ1) is 23.5. The Balaban J connectivity index is 1.68. The van der Waals surface area contributed by atoms with Gasteiger partial charge in [0.05, 0.1) is 17.6 Å². The largest absolute Gasteiger partial charge is 0.468 e. The number of anilines is 2. The molecule has 1 heterocycles. The Morgan fingerprint density at radius 3 is 2.34 bits per heavy atom. The van der Waals surface area contributed by atoms with Crippen molar-refractivity contribution in [3.8, 4) is 0 Å². The molecular formula is C20H20F3N3O5S. The van der Waals surface area contributed by atoms with Gasteiger partial charge in [-0.15, -0.1) is 0 Å². The number of alkyl halides is 3. The molecule has 12 heteroatoms. The van der Waals surface area contributed by atoms with Crippen molar-refractivity contribution >= 4 is 33.4 Å². The van der Waals surface area contributed by atoms with E-state index in [1.807, 2.05) is 0 Å². The summed E-state index contributed by atoms with van der Waals surface area (Å²) in [6.45, 7) is 0.182.